The highest BCUT2D eigenvalue weighted by Gasteiger charge is 2.27. The maximum absolute atomic E-state index is 5.17. The van der Waals surface area contributed by atoms with Gasteiger partial charge in [-0.1, -0.05) is 45.0 Å². The molecule has 0 aliphatic carbocycles. The predicted molar refractivity (Wildman–Crippen MR) is 122 cm³/mol. The Balaban J connectivity index is 1.62. The van der Waals surface area contributed by atoms with Crippen molar-refractivity contribution in [3.63, 3.8) is 0 Å². The van der Waals surface area contributed by atoms with Crippen LogP contribution in [0.25, 0.3) is 10.2 Å². The van der Waals surface area contributed by atoms with Gasteiger partial charge in [0.15, 0.2) is 0 Å². The van der Waals surface area contributed by atoms with Crippen molar-refractivity contribution >= 4 is 27.4 Å². The first-order chi connectivity index (χ1) is 14.1. The summed E-state index contributed by atoms with van der Waals surface area (Å²) in [7, 11) is 0. The molecule has 0 unspecified atom stereocenters. The van der Waals surface area contributed by atoms with E-state index in [9.17, 15) is 0 Å². The molecule has 152 valence electrons. The molecular formula is C24H30N4S. The summed E-state index contributed by atoms with van der Waals surface area (Å²) in [5, 5.41) is 1.34. The minimum Gasteiger partial charge on any atom is -0.351 e. The summed E-state index contributed by atoms with van der Waals surface area (Å²) in [6, 6.07) is 8.87. The van der Waals surface area contributed by atoms with Gasteiger partial charge in [0.05, 0.1) is 5.39 Å². The average molecular weight is 407 g/mol. The average Bonchev–Trinajstić information content (AvgIpc) is 3.09. The number of anilines is 1. The van der Waals surface area contributed by atoms with Gasteiger partial charge in [0.1, 0.15) is 16.5 Å². The van der Waals surface area contributed by atoms with Crippen LogP contribution in [0.3, 0.4) is 0 Å². The number of hydrogen-bond acceptors (Lipinski definition) is 5. The molecule has 0 saturated heterocycles. The molecule has 0 N–H and O–H groups in total. The molecule has 29 heavy (non-hydrogen) atoms. The predicted octanol–water partition coefficient (Wildman–Crippen LogP) is 4.83. The first-order valence-electron chi connectivity index (χ1n) is 11.0. The topological polar surface area (TPSA) is 32.3 Å². The van der Waals surface area contributed by atoms with Crippen LogP contribution in [0.1, 0.15) is 48.2 Å². The van der Waals surface area contributed by atoms with Crippen LogP contribution in [0.15, 0.2) is 24.3 Å². The van der Waals surface area contributed by atoms with E-state index in [2.05, 4.69) is 54.8 Å². The number of likely N-dealkylation sites (N-methyl/N-ethyl adjacent to an activating group) is 1. The number of benzene rings is 1. The molecule has 5 rings (SSSR count). The van der Waals surface area contributed by atoms with Crippen LogP contribution in [0, 0.1) is 5.92 Å². The van der Waals surface area contributed by atoms with E-state index >= 15 is 0 Å². The quantitative estimate of drug-likeness (QED) is 0.621. The van der Waals surface area contributed by atoms with Crippen molar-refractivity contribution in [3.8, 4) is 0 Å². The van der Waals surface area contributed by atoms with Crippen LogP contribution >= 0.6 is 11.3 Å². The van der Waals surface area contributed by atoms with Crippen LogP contribution in [0.2, 0.25) is 0 Å². The summed E-state index contributed by atoms with van der Waals surface area (Å²) in [5.41, 5.74) is 4.44. The summed E-state index contributed by atoms with van der Waals surface area (Å²) in [5.74, 6) is 2.75. The second kappa shape index (κ2) is 7.69. The third kappa shape index (κ3) is 3.55. The molecule has 2 aliphatic heterocycles. The van der Waals surface area contributed by atoms with Crippen molar-refractivity contribution in [2.24, 2.45) is 5.92 Å². The van der Waals surface area contributed by atoms with Crippen molar-refractivity contribution in [1.29, 1.82) is 0 Å². The Morgan fingerprint density at radius 1 is 1.03 bits per heavy atom. The Kier molecular flexibility index (Phi) is 5.04. The molecule has 0 spiro atoms. The lowest BCUT2D eigenvalue weighted by Gasteiger charge is -2.31. The van der Waals surface area contributed by atoms with Crippen molar-refractivity contribution in [1.82, 2.24) is 14.9 Å². The zero-order valence-electron chi connectivity index (χ0n) is 17.7. The molecule has 3 aromatic rings. The van der Waals surface area contributed by atoms with Crippen LogP contribution in [0.4, 0.5) is 5.82 Å². The van der Waals surface area contributed by atoms with Crippen LogP contribution in [0.5, 0.6) is 0 Å². The Labute approximate surface area is 177 Å². The fourth-order valence-electron chi connectivity index (χ4n) is 4.70. The number of thiophene rings is 1. The molecule has 0 fully saturated rings. The Morgan fingerprint density at radius 3 is 2.66 bits per heavy atom. The highest BCUT2D eigenvalue weighted by atomic mass is 32.1. The van der Waals surface area contributed by atoms with Crippen molar-refractivity contribution in [2.75, 3.05) is 24.5 Å². The lowest BCUT2D eigenvalue weighted by Crippen LogP contribution is -2.32. The van der Waals surface area contributed by atoms with Gasteiger partial charge in [-0.25, -0.2) is 9.97 Å². The molecular weight excluding hydrogens is 376 g/mol. The van der Waals surface area contributed by atoms with E-state index in [1.807, 2.05) is 11.3 Å². The van der Waals surface area contributed by atoms with Crippen molar-refractivity contribution in [2.45, 2.75) is 53.1 Å². The van der Waals surface area contributed by atoms with E-state index in [-0.39, 0.29) is 0 Å². The Hall–Kier alpha value is -1.98. The van der Waals surface area contributed by atoms with Gasteiger partial charge in [-0.3, -0.25) is 4.90 Å². The first kappa shape index (κ1) is 19.0. The third-order valence-corrected chi connectivity index (χ3v) is 7.39. The monoisotopic (exact) mass is 406 g/mol. The molecule has 0 bridgehead atoms. The minimum absolute atomic E-state index is 0.563. The number of nitrogens with zero attached hydrogens (tertiary/aromatic N) is 4. The second-order valence-corrected chi connectivity index (χ2v) is 9.89. The highest BCUT2D eigenvalue weighted by molar-refractivity contribution is 7.19. The normalized spacial score (nSPS) is 17.0. The zero-order valence-corrected chi connectivity index (χ0v) is 18.6. The first-order valence-corrected chi connectivity index (χ1v) is 11.8. The summed E-state index contributed by atoms with van der Waals surface area (Å²) in [6.45, 7) is 12.1. The van der Waals surface area contributed by atoms with Gasteiger partial charge < -0.3 is 4.90 Å². The van der Waals surface area contributed by atoms with Crippen LogP contribution in [-0.2, 0) is 32.4 Å². The second-order valence-electron chi connectivity index (χ2n) is 8.80. The van der Waals surface area contributed by atoms with Crippen LogP contribution in [-0.4, -0.2) is 34.5 Å². The van der Waals surface area contributed by atoms with Crippen molar-refractivity contribution in [3.05, 3.63) is 51.7 Å². The van der Waals surface area contributed by atoms with E-state index in [1.165, 1.54) is 37.6 Å². The SMILES string of the molecule is CCN1CCc2c(sc3nc(CC(C)C)nc(N4CCc5ccccc5C4)c23)C1. The Morgan fingerprint density at radius 2 is 1.86 bits per heavy atom. The van der Waals surface area contributed by atoms with E-state index in [0.29, 0.717) is 5.92 Å². The lowest BCUT2D eigenvalue weighted by atomic mass is 9.99. The molecule has 1 aromatic carbocycles. The van der Waals surface area contributed by atoms with Gasteiger partial charge in [-0.2, -0.15) is 0 Å². The number of fused-ring (bicyclic) bond motifs is 4. The number of hydrogen-bond donors (Lipinski definition) is 0. The molecule has 2 aliphatic rings. The summed E-state index contributed by atoms with van der Waals surface area (Å²) in [6.07, 6.45) is 3.15. The highest BCUT2D eigenvalue weighted by Crippen LogP contribution is 2.40. The molecule has 2 aromatic heterocycles. The summed E-state index contributed by atoms with van der Waals surface area (Å²) in [4.78, 5) is 18.0. The van der Waals surface area contributed by atoms with Crippen LogP contribution < -0.4 is 4.90 Å². The third-order valence-electron chi connectivity index (χ3n) is 6.27. The Bertz CT molecular complexity index is 1040. The van der Waals surface area contributed by atoms with E-state index in [0.717, 1.165) is 57.8 Å². The molecule has 0 radical (unpaired) electrons. The van der Waals surface area contributed by atoms with Gasteiger partial charge in [0.25, 0.3) is 0 Å². The standard InChI is InChI=1S/C24H30N4S/c1-4-27-11-10-19-20(15-27)29-24-22(19)23(25-21(26-24)13-16(2)3)28-12-9-17-7-5-6-8-18(17)14-28/h5-8,16H,4,9-15H2,1-3H3. The van der Waals surface area contributed by atoms with Gasteiger partial charge in [0, 0.05) is 37.5 Å². The van der Waals surface area contributed by atoms with Crippen molar-refractivity contribution < 1.29 is 0 Å². The number of aromatic nitrogens is 2. The maximum atomic E-state index is 5.17. The molecule has 0 amide bonds. The largest absolute Gasteiger partial charge is 0.351 e. The molecule has 5 heteroatoms. The molecule has 4 nitrogen and oxygen atoms in total. The van der Waals surface area contributed by atoms with Gasteiger partial charge in [-0.05, 0) is 42.0 Å². The summed E-state index contributed by atoms with van der Waals surface area (Å²) < 4.78 is 0. The lowest BCUT2D eigenvalue weighted by molar-refractivity contribution is 0.272. The van der Waals surface area contributed by atoms with E-state index in [4.69, 9.17) is 9.97 Å². The fraction of sp³-hybridized carbons (Fsp3) is 0.500. The van der Waals surface area contributed by atoms with Gasteiger partial charge in [0.2, 0.25) is 0 Å². The van der Waals surface area contributed by atoms with E-state index < -0.39 is 0 Å². The van der Waals surface area contributed by atoms with Gasteiger partial charge >= 0.3 is 0 Å². The smallest absolute Gasteiger partial charge is 0.141 e. The molecule has 0 atom stereocenters. The fourth-order valence-corrected chi connectivity index (χ4v) is 5.98. The molecule has 0 saturated carbocycles. The minimum atomic E-state index is 0.563. The number of rotatable bonds is 4. The molecule has 4 heterocycles. The van der Waals surface area contributed by atoms with E-state index in [1.54, 1.807) is 0 Å². The maximum Gasteiger partial charge on any atom is 0.141 e. The zero-order chi connectivity index (χ0) is 20.0. The van der Waals surface area contributed by atoms with Gasteiger partial charge in [-0.15, -0.1) is 11.3 Å². The summed E-state index contributed by atoms with van der Waals surface area (Å²) >= 11 is 1.90.